The highest BCUT2D eigenvalue weighted by atomic mass is 14.1. The third-order valence-corrected chi connectivity index (χ3v) is 2.75. The fourth-order valence-electron chi connectivity index (χ4n) is 1.87. The van der Waals surface area contributed by atoms with Crippen molar-refractivity contribution in [3.8, 4) is 0 Å². The van der Waals surface area contributed by atoms with Crippen LogP contribution in [0.25, 0.3) is 0 Å². The lowest BCUT2D eigenvalue weighted by Crippen LogP contribution is -1.97. The van der Waals surface area contributed by atoms with Gasteiger partial charge in [0.1, 0.15) is 0 Å². The Morgan fingerprint density at radius 1 is 0.765 bits per heavy atom. The minimum Gasteiger partial charge on any atom is -0.0683 e. The number of rotatable bonds is 3. The van der Waals surface area contributed by atoms with E-state index in [2.05, 4.69) is 67.6 Å². The van der Waals surface area contributed by atoms with Gasteiger partial charge in [-0.3, -0.25) is 0 Å². The lowest BCUT2D eigenvalue weighted by Gasteiger charge is -2.11. The summed E-state index contributed by atoms with van der Waals surface area (Å²) in [6.45, 7) is 6.28. The van der Waals surface area contributed by atoms with Crippen LogP contribution in [0.1, 0.15) is 37.8 Å². The van der Waals surface area contributed by atoms with Crippen LogP contribution in [0.2, 0.25) is 0 Å². The average Bonchev–Trinajstić information content (AvgIpc) is 2.43. The molecule has 1 atom stereocenters. The summed E-state index contributed by atoms with van der Waals surface area (Å²) in [5.41, 5.74) is 2.83. The summed E-state index contributed by atoms with van der Waals surface area (Å²) >= 11 is 0. The molecule has 90 valence electrons. The van der Waals surface area contributed by atoms with Crippen molar-refractivity contribution in [1.29, 1.82) is 0 Å². The fraction of sp³-hybridized carbons (Fsp3) is 0.294. The molecule has 0 amide bonds. The second-order valence-electron chi connectivity index (χ2n) is 4.00. The molecule has 2 rings (SSSR count). The van der Waals surface area contributed by atoms with Crippen LogP contribution in [0.15, 0.2) is 60.7 Å². The van der Waals surface area contributed by atoms with Gasteiger partial charge in [0, 0.05) is 0 Å². The van der Waals surface area contributed by atoms with Crippen LogP contribution >= 0.6 is 0 Å². The monoisotopic (exact) mass is 226 g/mol. The Bertz CT molecular complexity index is 389. The normalized spacial score (nSPS) is 11.2. The standard InChI is InChI=1S/C15H16.C2H6/c1-13(15-10-6-3-7-11-15)12-14-8-4-2-5-9-14;1-2/h2-11,13H,12H2,1H3;1-2H3. The highest BCUT2D eigenvalue weighted by Gasteiger charge is 2.04. The van der Waals surface area contributed by atoms with E-state index in [1.54, 1.807) is 0 Å². The lowest BCUT2D eigenvalue weighted by atomic mass is 9.94. The van der Waals surface area contributed by atoms with E-state index in [0.29, 0.717) is 5.92 Å². The Kier molecular flexibility index (Phi) is 6.09. The van der Waals surface area contributed by atoms with E-state index in [0.717, 1.165) is 6.42 Å². The summed E-state index contributed by atoms with van der Waals surface area (Å²) in [5, 5.41) is 0. The maximum atomic E-state index is 2.28. The Morgan fingerprint density at radius 3 is 1.76 bits per heavy atom. The van der Waals surface area contributed by atoms with Gasteiger partial charge in [-0.05, 0) is 23.5 Å². The fourth-order valence-corrected chi connectivity index (χ4v) is 1.87. The molecule has 0 nitrogen and oxygen atoms in total. The van der Waals surface area contributed by atoms with Gasteiger partial charge in [0.05, 0.1) is 0 Å². The average molecular weight is 226 g/mol. The van der Waals surface area contributed by atoms with Crippen molar-refractivity contribution in [2.24, 2.45) is 0 Å². The van der Waals surface area contributed by atoms with Crippen LogP contribution in [-0.4, -0.2) is 0 Å². The molecule has 2 aromatic carbocycles. The topological polar surface area (TPSA) is 0 Å². The van der Waals surface area contributed by atoms with E-state index >= 15 is 0 Å². The number of hydrogen-bond donors (Lipinski definition) is 0. The highest BCUT2D eigenvalue weighted by molar-refractivity contribution is 5.23. The smallest absolute Gasteiger partial charge is 0.0150 e. The predicted octanol–water partition coefficient (Wildman–Crippen LogP) is 5.06. The second-order valence-corrected chi connectivity index (χ2v) is 4.00. The van der Waals surface area contributed by atoms with Gasteiger partial charge in [0.25, 0.3) is 0 Å². The minimum absolute atomic E-state index is 0.591. The third kappa shape index (κ3) is 4.44. The van der Waals surface area contributed by atoms with E-state index in [-0.39, 0.29) is 0 Å². The molecule has 0 aromatic heterocycles. The summed E-state index contributed by atoms with van der Waals surface area (Å²) < 4.78 is 0. The van der Waals surface area contributed by atoms with E-state index in [1.165, 1.54) is 11.1 Å². The number of benzene rings is 2. The zero-order valence-corrected chi connectivity index (χ0v) is 11.1. The van der Waals surface area contributed by atoms with E-state index in [4.69, 9.17) is 0 Å². The molecule has 0 heterocycles. The van der Waals surface area contributed by atoms with Crippen molar-refractivity contribution < 1.29 is 0 Å². The molecule has 0 spiro atoms. The van der Waals surface area contributed by atoms with Gasteiger partial charge in [0.2, 0.25) is 0 Å². The molecule has 17 heavy (non-hydrogen) atoms. The highest BCUT2D eigenvalue weighted by Crippen LogP contribution is 2.19. The van der Waals surface area contributed by atoms with Crippen LogP contribution in [-0.2, 0) is 6.42 Å². The predicted molar refractivity (Wildman–Crippen MR) is 76.4 cm³/mol. The molecule has 0 N–H and O–H groups in total. The first-order valence-electron chi connectivity index (χ1n) is 6.45. The van der Waals surface area contributed by atoms with Gasteiger partial charge in [0.15, 0.2) is 0 Å². The maximum Gasteiger partial charge on any atom is -0.0150 e. The first-order valence-corrected chi connectivity index (χ1v) is 6.45. The SMILES string of the molecule is CC.CC(Cc1ccccc1)c1ccccc1. The molecule has 1 unspecified atom stereocenters. The summed E-state index contributed by atoms with van der Waals surface area (Å²) in [4.78, 5) is 0. The third-order valence-electron chi connectivity index (χ3n) is 2.75. The molecule has 0 heteroatoms. The molecule has 0 aliphatic heterocycles. The Hall–Kier alpha value is -1.56. The Labute approximate surface area is 105 Å². The van der Waals surface area contributed by atoms with Crippen molar-refractivity contribution in [3.05, 3.63) is 71.8 Å². The summed E-state index contributed by atoms with van der Waals surface area (Å²) in [7, 11) is 0. The first-order chi connectivity index (χ1) is 8.36. The molecule has 0 radical (unpaired) electrons. The van der Waals surface area contributed by atoms with Gasteiger partial charge in [-0.15, -0.1) is 0 Å². The molecular weight excluding hydrogens is 204 g/mol. The summed E-state index contributed by atoms with van der Waals surface area (Å²) in [5.74, 6) is 0.591. The van der Waals surface area contributed by atoms with E-state index in [9.17, 15) is 0 Å². The van der Waals surface area contributed by atoms with Crippen molar-refractivity contribution in [2.75, 3.05) is 0 Å². The Morgan fingerprint density at radius 2 is 1.24 bits per heavy atom. The van der Waals surface area contributed by atoms with Gasteiger partial charge >= 0.3 is 0 Å². The number of hydrogen-bond acceptors (Lipinski definition) is 0. The molecule has 2 aromatic rings. The van der Waals surface area contributed by atoms with Crippen molar-refractivity contribution in [1.82, 2.24) is 0 Å². The zero-order valence-electron chi connectivity index (χ0n) is 11.1. The minimum atomic E-state index is 0.591. The van der Waals surface area contributed by atoms with Crippen LogP contribution in [0.3, 0.4) is 0 Å². The van der Waals surface area contributed by atoms with Gasteiger partial charge in [-0.2, -0.15) is 0 Å². The molecule has 0 fully saturated rings. The van der Waals surface area contributed by atoms with Crippen molar-refractivity contribution >= 4 is 0 Å². The second kappa shape index (κ2) is 7.67. The molecule has 0 bridgehead atoms. The molecular formula is C17H22. The molecule has 0 saturated heterocycles. The Balaban J connectivity index is 0.000000686. The summed E-state index contributed by atoms with van der Waals surface area (Å²) in [6, 6.07) is 21.4. The van der Waals surface area contributed by atoms with E-state index < -0.39 is 0 Å². The zero-order chi connectivity index (χ0) is 12.5. The van der Waals surface area contributed by atoms with E-state index in [1.807, 2.05) is 13.8 Å². The maximum absolute atomic E-state index is 2.28. The van der Waals surface area contributed by atoms with Gasteiger partial charge < -0.3 is 0 Å². The quantitative estimate of drug-likeness (QED) is 0.686. The van der Waals surface area contributed by atoms with Crippen LogP contribution in [0.5, 0.6) is 0 Å². The van der Waals surface area contributed by atoms with Crippen LogP contribution in [0, 0.1) is 0 Å². The molecule has 0 saturated carbocycles. The van der Waals surface area contributed by atoms with Crippen LogP contribution in [0.4, 0.5) is 0 Å². The first kappa shape index (κ1) is 13.5. The van der Waals surface area contributed by atoms with Gasteiger partial charge in [-0.1, -0.05) is 81.4 Å². The largest absolute Gasteiger partial charge is 0.0683 e. The van der Waals surface area contributed by atoms with Crippen LogP contribution < -0.4 is 0 Å². The summed E-state index contributed by atoms with van der Waals surface area (Å²) in [6.07, 6.45) is 1.12. The van der Waals surface area contributed by atoms with Crippen molar-refractivity contribution in [3.63, 3.8) is 0 Å². The van der Waals surface area contributed by atoms with Gasteiger partial charge in [-0.25, -0.2) is 0 Å². The lowest BCUT2D eigenvalue weighted by molar-refractivity contribution is 0.759. The molecule has 0 aliphatic carbocycles. The molecule has 0 aliphatic rings. The van der Waals surface area contributed by atoms with Crippen molar-refractivity contribution in [2.45, 2.75) is 33.1 Å².